The second kappa shape index (κ2) is 9.82. The monoisotopic (exact) mass is 374 g/mol. The molecule has 26 heavy (non-hydrogen) atoms. The smallest absolute Gasteiger partial charge is 0.251 e. The van der Waals surface area contributed by atoms with Gasteiger partial charge in [0.25, 0.3) is 5.91 Å². The van der Waals surface area contributed by atoms with E-state index < -0.39 is 0 Å². The summed E-state index contributed by atoms with van der Waals surface area (Å²) >= 11 is 5.88. The lowest BCUT2D eigenvalue weighted by Gasteiger charge is -2.21. The van der Waals surface area contributed by atoms with E-state index in [1.54, 1.807) is 36.3 Å². The van der Waals surface area contributed by atoms with Gasteiger partial charge in [-0.05, 0) is 42.3 Å². The van der Waals surface area contributed by atoms with E-state index in [1.165, 1.54) is 6.92 Å². The first-order valence-electron chi connectivity index (χ1n) is 8.42. The lowest BCUT2D eigenvalue weighted by atomic mass is 10.1. The van der Waals surface area contributed by atoms with Gasteiger partial charge in [0, 0.05) is 37.1 Å². The number of nitrogens with one attached hydrogen (secondary N) is 1. The number of methoxy groups -OCH3 is 1. The van der Waals surface area contributed by atoms with Crippen molar-refractivity contribution in [2.75, 3.05) is 26.7 Å². The summed E-state index contributed by atoms with van der Waals surface area (Å²) in [6.45, 7) is 2.96. The number of carbonyl (C=O) groups excluding carboxylic acids is 2. The van der Waals surface area contributed by atoms with Crippen molar-refractivity contribution in [1.82, 2.24) is 10.2 Å². The highest BCUT2D eigenvalue weighted by Gasteiger charge is 2.11. The number of nitrogens with zero attached hydrogens (tertiary/aromatic N) is 1. The van der Waals surface area contributed by atoms with Crippen LogP contribution in [0.1, 0.15) is 22.8 Å². The third-order valence-corrected chi connectivity index (χ3v) is 4.28. The normalized spacial score (nSPS) is 10.3. The Morgan fingerprint density at radius 1 is 1.12 bits per heavy atom. The van der Waals surface area contributed by atoms with Gasteiger partial charge in [-0.2, -0.15) is 0 Å². The topological polar surface area (TPSA) is 58.6 Å². The number of rotatable bonds is 8. The zero-order valence-corrected chi connectivity index (χ0v) is 15.8. The van der Waals surface area contributed by atoms with Gasteiger partial charge >= 0.3 is 0 Å². The molecule has 0 atom stereocenters. The van der Waals surface area contributed by atoms with Crippen molar-refractivity contribution < 1.29 is 14.3 Å². The minimum Gasteiger partial charge on any atom is -0.497 e. The molecule has 0 bridgehead atoms. The Morgan fingerprint density at radius 3 is 2.50 bits per heavy atom. The Labute approximate surface area is 158 Å². The maximum atomic E-state index is 12.2. The van der Waals surface area contributed by atoms with Crippen LogP contribution < -0.4 is 10.1 Å². The molecule has 0 spiro atoms. The molecule has 0 aliphatic heterocycles. The number of hydrogen-bond donors (Lipinski definition) is 1. The molecule has 2 rings (SSSR count). The zero-order valence-electron chi connectivity index (χ0n) is 15.0. The summed E-state index contributed by atoms with van der Waals surface area (Å²) in [5.74, 6) is 0.422. The van der Waals surface area contributed by atoms with E-state index >= 15 is 0 Å². The first kappa shape index (κ1) is 19.8. The predicted molar refractivity (Wildman–Crippen MR) is 103 cm³/mol. The minimum atomic E-state index is -0.190. The van der Waals surface area contributed by atoms with Gasteiger partial charge in [-0.25, -0.2) is 0 Å². The quantitative estimate of drug-likeness (QED) is 0.772. The molecule has 138 valence electrons. The predicted octanol–water partition coefficient (Wildman–Crippen LogP) is 3.17. The van der Waals surface area contributed by atoms with Crippen LogP contribution in [0.4, 0.5) is 0 Å². The molecule has 0 radical (unpaired) electrons. The lowest BCUT2D eigenvalue weighted by Crippen LogP contribution is -2.38. The SMILES string of the molecule is COc1cccc(C(=O)NCCN(CCc2ccc(Cl)cc2)C(C)=O)c1. The Hall–Kier alpha value is -2.53. The Kier molecular flexibility index (Phi) is 7.48. The molecule has 6 heteroatoms. The molecular weight excluding hydrogens is 352 g/mol. The maximum Gasteiger partial charge on any atom is 0.251 e. The van der Waals surface area contributed by atoms with Gasteiger partial charge in [-0.1, -0.05) is 29.8 Å². The fourth-order valence-corrected chi connectivity index (χ4v) is 2.64. The average Bonchev–Trinajstić information content (AvgIpc) is 2.65. The van der Waals surface area contributed by atoms with Crippen molar-refractivity contribution in [2.24, 2.45) is 0 Å². The highest BCUT2D eigenvalue weighted by atomic mass is 35.5. The van der Waals surface area contributed by atoms with Gasteiger partial charge in [0.15, 0.2) is 0 Å². The summed E-state index contributed by atoms with van der Waals surface area (Å²) in [6.07, 6.45) is 0.737. The van der Waals surface area contributed by atoms with Gasteiger partial charge in [0.2, 0.25) is 5.91 Å². The van der Waals surface area contributed by atoms with Crippen molar-refractivity contribution >= 4 is 23.4 Å². The standard InChI is InChI=1S/C20H23ClN2O3/c1-15(24)23(12-10-16-6-8-18(21)9-7-16)13-11-22-20(25)17-4-3-5-19(14-17)26-2/h3-9,14H,10-13H2,1-2H3,(H,22,25). The Bertz CT molecular complexity index is 747. The van der Waals surface area contributed by atoms with Crippen LogP contribution in [0, 0.1) is 0 Å². The molecule has 0 fully saturated rings. The van der Waals surface area contributed by atoms with E-state index in [1.807, 2.05) is 24.3 Å². The van der Waals surface area contributed by atoms with Crippen molar-refractivity contribution in [1.29, 1.82) is 0 Å². The average molecular weight is 375 g/mol. The van der Waals surface area contributed by atoms with E-state index in [9.17, 15) is 9.59 Å². The van der Waals surface area contributed by atoms with Crippen LogP contribution in [0.25, 0.3) is 0 Å². The molecule has 2 aromatic carbocycles. The third-order valence-electron chi connectivity index (χ3n) is 4.03. The summed E-state index contributed by atoms with van der Waals surface area (Å²) in [6, 6.07) is 14.5. The Morgan fingerprint density at radius 2 is 1.85 bits per heavy atom. The number of amides is 2. The summed E-state index contributed by atoms with van der Waals surface area (Å²) in [4.78, 5) is 25.7. The molecular formula is C20H23ClN2O3. The summed E-state index contributed by atoms with van der Waals surface area (Å²) in [5, 5.41) is 3.53. The molecule has 0 aliphatic carbocycles. The van der Waals surface area contributed by atoms with Crippen LogP contribution in [-0.2, 0) is 11.2 Å². The largest absolute Gasteiger partial charge is 0.497 e. The van der Waals surface area contributed by atoms with Crippen LogP contribution in [0.5, 0.6) is 5.75 Å². The molecule has 0 aliphatic rings. The van der Waals surface area contributed by atoms with Crippen LogP contribution in [0.2, 0.25) is 5.02 Å². The number of carbonyl (C=O) groups is 2. The van der Waals surface area contributed by atoms with Gasteiger partial charge < -0.3 is 15.0 Å². The van der Waals surface area contributed by atoms with Crippen molar-refractivity contribution in [3.8, 4) is 5.75 Å². The van der Waals surface area contributed by atoms with Crippen LogP contribution in [0.3, 0.4) is 0 Å². The second-order valence-electron chi connectivity index (χ2n) is 5.87. The molecule has 0 aromatic heterocycles. The highest BCUT2D eigenvalue weighted by molar-refractivity contribution is 6.30. The fraction of sp³-hybridized carbons (Fsp3) is 0.300. The molecule has 2 amide bonds. The molecule has 1 N–H and O–H groups in total. The molecule has 0 saturated heterocycles. The molecule has 0 saturated carbocycles. The van der Waals surface area contributed by atoms with Crippen LogP contribution >= 0.6 is 11.6 Å². The highest BCUT2D eigenvalue weighted by Crippen LogP contribution is 2.12. The minimum absolute atomic E-state index is 0.0189. The molecule has 2 aromatic rings. The molecule has 0 heterocycles. The maximum absolute atomic E-state index is 12.2. The van der Waals surface area contributed by atoms with Crippen LogP contribution in [-0.4, -0.2) is 43.5 Å². The third kappa shape index (κ3) is 6.08. The number of hydrogen-bond acceptors (Lipinski definition) is 3. The van der Waals surface area contributed by atoms with Gasteiger partial charge in [0.05, 0.1) is 7.11 Å². The summed E-state index contributed by atoms with van der Waals surface area (Å²) in [7, 11) is 1.56. The van der Waals surface area contributed by atoms with Crippen molar-refractivity contribution in [3.05, 3.63) is 64.7 Å². The lowest BCUT2D eigenvalue weighted by molar-refractivity contribution is -0.128. The zero-order chi connectivity index (χ0) is 18.9. The van der Waals surface area contributed by atoms with Gasteiger partial charge in [-0.3, -0.25) is 9.59 Å². The van der Waals surface area contributed by atoms with E-state index in [2.05, 4.69) is 5.32 Å². The van der Waals surface area contributed by atoms with E-state index in [-0.39, 0.29) is 11.8 Å². The molecule has 0 unspecified atom stereocenters. The van der Waals surface area contributed by atoms with Crippen molar-refractivity contribution in [2.45, 2.75) is 13.3 Å². The summed E-state index contributed by atoms with van der Waals surface area (Å²) in [5.41, 5.74) is 1.64. The number of benzene rings is 2. The van der Waals surface area contributed by atoms with E-state index in [0.29, 0.717) is 36.0 Å². The van der Waals surface area contributed by atoms with Crippen molar-refractivity contribution in [3.63, 3.8) is 0 Å². The van der Waals surface area contributed by atoms with E-state index in [0.717, 1.165) is 12.0 Å². The number of halogens is 1. The van der Waals surface area contributed by atoms with Crippen LogP contribution in [0.15, 0.2) is 48.5 Å². The molecule has 5 nitrogen and oxygen atoms in total. The first-order chi connectivity index (χ1) is 12.5. The fourth-order valence-electron chi connectivity index (χ4n) is 2.51. The first-order valence-corrected chi connectivity index (χ1v) is 8.79. The number of ether oxygens (including phenoxy) is 1. The van der Waals surface area contributed by atoms with Gasteiger partial charge in [0.1, 0.15) is 5.75 Å². The summed E-state index contributed by atoms with van der Waals surface area (Å²) < 4.78 is 5.12. The van der Waals surface area contributed by atoms with Gasteiger partial charge in [-0.15, -0.1) is 0 Å². The Balaban J connectivity index is 1.83. The second-order valence-corrected chi connectivity index (χ2v) is 6.31. The van der Waals surface area contributed by atoms with E-state index in [4.69, 9.17) is 16.3 Å².